The monoisotopic (exact) mass is 228 g/mol. The minimum absolute atomic E-state index is 0.0857. The molecule has 1 aromatic carbocycles. The van der Waals surface area contributed by atoms with E-state index < -0.39 is 0 Å². The van der Waals surface area contributed by atoms with Crippen LogP contribution in [0.1, 0.15) is 37.0 Å². The number of rotatable bonds is 4. The minimum atomic E-state index is 0.0857. The van der Waals surface area contributed by atoms with Crippen LogP contribution in [-0.2, 0) is 0 Å². The number of nitrogens with zero attached hydrogens (tertiary/aromatic N) is 2. The van der Waals surface area contributed by atoms with Crippen molar-refractivity contribution in [2.75, 3.05) is 0 Å². The van der Waals surface area contributed by atoms with E-state index >= 15 is 0 Å². The zero-order valence-electron chi connectivity index (χ0n) is 10.2. The third-order valence-corrected chi connectivity index (χ3v) is 3.12. The smallest absolute Gasteiger partial charge is 0.168 e. The number of carbonyl (C=O) groups excluding carboxylic acids is 1. The van der Waals surface area contributed by atoms with Gasteiger partial charge in [0.2, 0.25) is 0 Å². The van der Waals surface area contributed by atoms with Crippen molar-refractivity contribution in [2.45, 2.75) is 26.7 Å². The van der Waals surface area contributed by atoms with Gasteiger partial charge in [-0.15, -0.1) is 0 Å². The lowest BCUT2D eigenvalue weighted by molar-refractivity contribution is 0.0915. The number of aromatic nitrogens is 2. The van der Waals surface area contributed by atoms with E-state index in [1.54, 1.807) is 12.4 Å². The summed E-state index contributed by atoms with van der Waals surface area (Å²) in [5.41, 5.74) is 2.19. The number of fused-ring (bicyclic) bond motifs is 1. The second kappa shape index (κ2) is 5.04. The van der Waals surface area contributed by atoms with Gasteiger partial charge in [0.1, 0.15) is 0 Å². The minimum Gasteiger partial charge on any atom is -0.294 e. The summed E-state index contributed by atoms with van der Waals surface area (Å²) in [6, 6.07) is 5.59. The summed E-state index contributed by atoms with van der Waals surface area (Å²) in [6.07, 6.45) is 5.01. The summed E-state index contributed by atoms with van der Waals surface area (Å²) in [5, 5.41) is 0. The quantitative estimate of drug-likeness (QED) is 0.754. The molecule has 2 rings (SSSR count). The number of ketones is 1. The summed E-state index contributed by atoms with van der Waals surface area (Å²) in [6.45, 7) is 4.09. The maximum Gasteiger partial charge on any atom is 0.168 e. The van der Waals surface area contributed by atoms with E-state index in [1.165, 1.54) is 0 Å². The van der Waals surface area contributed by atoms with Crippen molar-refractivity contribution in [1.29, 1.82) is 0 Å². The van der Waals surface area contributed by atoms with Crippen molar-refractivity contribution in [3.8, 4) is 0 Å². The number of Topliss-reactive ketones (excluding diaryl/α,β-unsaturated/α-hetero) is 1. The van der Waals surface area contributed by atoms with Gasteiger partial charge in [-0.3, -0.25) is 14.8 Å². The van der Waals surface area contributed by atoms with Crippen LogP contribution in [0.3, 0.4) is 0 Å². The fourth-order valence-corrected chi connectivity index (χ4v) is 2.07. The molecule has 0 atom stereocenters. The summed E-state index contributed by atoms with van der Waals surface area (Å²) in [5.74, 6) is 0.267. The van der Waals surface area contributed by atoms with Gasteiger partial charge in [-0.25, -0.2) is 0 Å². The van der Waals surface area contributed by atoms with Crippen LogP contribution in [0.4, 0.5) is 0 Å². The van der Waals surface area contributed by atoms with Crippen LogP contribution >= 0.6 is 0 Å². The van der Waals surface area contributed by atoms with Gasteiger partial charge in [-0.1, -0.05) is 19.9 Å². The largest absolute Gasteiger partial charge is 0.294 e. The van der Waals surface area contributed by atoms with E-state index in [9.17, 15) is 4.79 Å². The molecule has 0 radical (unpaired) electrons. The molecule has 0 saturated carbocycles. The number of benzene rings is 1. The van der Waals surface area contributed by atoms with Gasteiger partial charge >= 0.3 is 0 Å². The second-order valence-corrected chi connectivity index (χ2v) is 4.11. The molecule has 0 bridgehead atoms. The molecule has 0 aliphatic heterocycles. The Labute approximate surface area is 101 Å². The molecule has 0 aliphatic rings. The third kappa shape index (κ3) is 2.18. The Hall–Kier alpha value is -1.77. The van der Waals surface area contributed by atoms with Gasteiger partial charge in [0.05, 0.1) is 11.0 Å². The Morgan fingerprint density at radius 1 is 1.18 bits per heavy atom. The molecule has 88 valence electrons. The molecule has 0 N–H and O–H groups in total. The topological polar surface area (TPSA) is 42.9 Å². The normalized spacial score (nSPS) is 11.0. The van der Waals surface area contributed by atoms with Gasteiger partial charge < -0.3 is 0 Å². The first-order valence-electron chi connectivity index (χ1n) is 6.01. The lowest BCUT2D eigenvalue weighted by Crippen LogP contribution is -2.13. The average molecular weight is 228 g/mol. The van der Waals surface area contributed by atoms with Crippen LogP contribution < -0.4 is 0 Å². The Morgan fingerprint density at radius 3 is 2.59 bits per heavy atom. The highest BCUT2D eigenvalue weighted by Crippen LogP contribution is 2.20. The maximum atomic E-state index is 12.4. The second-order valence-electron chi connectivity index (χ2n) is 4.11. The molecule has 1 heterocycles. The van der Waals surface area contributed by atoms with Gasteiger partial charge in [0.15, 0.2) is 5.78 Å². The zero-order valence-corrected chi connectivity index (χ0v) is 10.2. The van der Waals surface area contributed by atoms with Gasteiger partial charge in [0, 0.05) is 23.9 Å². The van der Waals surface area contributed by atoms with Crippen molar-refractivity contribution in [3.63, 3.8) is 0 Å². The van der Waals surface area contributed by atoms with Crippen molar-refractivity contribution in [1.82, 2.24) is 9.97 Å². The summed E-state index contributed by atoms with van der Waals surface area (Å²) in [7, 11) is 0. The van der Waals surface area contributed by atoms with Crippen molar-refractivity contribution < 1.29 is 4.79 Å². The summed E-state index contributed by atoms with van der Waals surface area (Å²) >= 11 is 0. The van der Waals surface area contributed by atoms with Crippen LogP contribution in [0.15, 0.2) is 30.6 Å². The van der Waals surface area contributed by atoms with E-state index in [4.69, 9.17) is 0 Å². The predicted molar refractivity (Wildman–Crippen MR) is 67.9 cm³/mol. The number of hydrogen-bond donors (Lipinski definition) is 0. The van der Waals surface area contributed by atoms with Crippen molar-refractivity contribution in [3.05, 3.63) is 36.2 Å². The van der Waals surface area contributed by atoms with E-state index in [0.717, 1.165) is 18.4 Å². The number of carbonyl (C=O) groups is 1. The highest BCUT2D eigenvalue weighted by atomic mass is 16.1. The van der Waals surface area contributed by atoms with E-state index in [0.29, 0.717) is 11.1 Å². The number of hydrogen-bond acceptors (Lipinski definition) is 3. The van der Waals surface area contributed by atoms with Crippen molar-refractivity contribution >= 4 is 16.8 Å². The Bertz CT molecular complexity index is 527. The SMILES string of the molecule is CCC(CC)C(=O)c1cccc2nccnc12. The fourth-order valence-electron chi connectivity index (χ4n) is 2.07. The van der Waals surface area contributed by atoms with E-state index in [2.05, 4.69) is 9.97 Å². The van der Waals surface area contributed by atoms with Crippen LogP contribution in [-0.4, -0.2) is 15.8 Å². The van der Waals surface area contributed by atoms with Gasteiger partial charge in [0.25, 0.3) is 0 Å². The van der Waals surface area contributed by atoms with Crippen LogP contribution in [0.25, 0.3) is 11.0 Å². The average Bonchev–Trinajstić information content (AvgIpc) is 2.39. The first kappa shape index (κ1) is 11.7. The molecule has 17 heavy (non-hydrogen) atoms. The lowest BCUT2D eigenvalue weighted by atomic mass is 9.92. The molecule has 0 spiro atoms. The zero-order chi connectivity index (χ0) is 12.3. The first-order chi connectivity index (χ1) is 8.27. The summed E-state index contributed by atoms with van der Waals surface area (Å²) in [4.78, 5) is 20.8. The molecule has 3 heteroatoms. The van der Waals surface area contributed by atoms with Crippen LogP contribution in [0.5, 0.6) is 0 Å². The van der Waals surface area contributed by atoms with Gasteiger partial charge in [-0.05, 0) is 25.0 Å². The van der Waals surface area contributed by atoms with Crippen LogP contribution in [0.2, 0.25) is 0 Å². The highest BCUT2D eigenvalue weighted by molar-refractivity contribution is 6.06. The molecule has 0 fully saturated rings. The molecular weight excluding hydrogens is 212 g/mol. The molecule has 3 nitrogen and oxygen atoms in total. The maximum absolute atomic E-state index is 12.4. The number of para-hydroxylation sites is 1. The molecular formula is C14H16N2O. The molecule has 2 aromatic rings. The van der Waals surface area contributed by atoms with Crippen LogP contribution in [0, 0.1) is 5.92 Å². The molecule has 0 saturated heterocycles. The Morgan fingerprint density at radius 2 is 1.88 bits per heavy atom. The lowest BCUT2D eigenvalue weighted by Gasteiger charge is -2.11. The molecule has 0 unspecified atom stereocenters. The highest BCUT2D eigenvalue weighted by Gasteiger charge is 2.19. The first-order valence-corrected chi connectivity index (χ1v) is 6.01. The predicted octanol–water partition coefficient (Wildman–Crippen LogP) is 3.25. The fraction of sp³-hybridized carbons (Fsp3) is 0.357. The molecule has 0 aliphatic carbocycles. The van der Waals surface area contributed by atoms with Gasteiger partial charge in [-0.2, -0.15) is 0 Å². The molecule has 0 amide bonds. The molecule has 1 aromatic heterocycles. The van der Waals surface area contributed by atoms with E-state index in [-0.39, 0.29) is 11.7 Å². The van der Waals surface area contributed by atoms with Crippen molar-refractivity contribution in [2.24, 2.45) is 5.92 Å². The Kier molecular flexibility index (Phi) is 3.47. The standard InChI is InChI=1S/C14H16N2O/c1-3-10(4-2)14(17)11-6-5-7-12-13(11)16-9-8-15-12/h5-10H,3-4H2,1-2H3. The third-order valence-electron chi connectivity index (χ3n) is 3.12. The summed E-state index contributed by atoms with van der Waals surface area (Å²) < 4.78 is 0. The van der Waals surface area contributed by atoms with E-state index in [1.807, 2.05) is 32.0 Å². The Balaban J connectivity index is 2.52.